The Labute approximate surface area is 171 Å². The lowest BCUT2D eigenvalue weighted by molar-refractivity contribution is -0.580. The van der Waals surface area contributed by atoms with Crippen molar-refractivity contribution in [2.24, 2.45) is 0 Å². The number of nitrogens with zero attached hydrogens (tertiary/aromatic N) is 1. The van der Waals surface area contributed by atoms with Gasteiger partial charge in [-0.2, -0.15) is 18.1 Å². The minimum absolute atomic E-state index is 0.00860. The highest BCUT2D eigenvalue weighted by Crippen LogP contribution is 2.30. The number of carbonyl (C=O) groups excluding carboxylic acids is 2. The summed E-state index contributed by atoms with van der Waals surface area (Å²) in [5.41, 5.74) is -2.95. The van der Waals surface area contributed by atoms with Gasteiger partial charge in [0.15, 0.2) is 0 Å². The summed E-state index contributed by atoms with van der Waals surface area (Å²) in [6, 6.07) is 13.9. The lowest BCUT2D eigenvalue weighted by Gasteiger charge is -2.25. The third-order valence-corrected chi connectivity index (χ3v) is 4.69. The zero-order chi connectivity index (χ0) is 21.9. The minimum Gasteiger partial charge on any atom is -0.497 e. The highest BCUT2D eigenvalue weighted by molar-refractivity contribution is 6.11. The molecule has 0 aromatic heterocycles. The molecule has 0 saturated carbocycles. The van der Waals surface area contributed by atoms with E-state index in [1.807, 2.05) is 5.32 Å². The number of amidine groups is 1. The molecule has 2 amide bonds. The van der Waals surface area contributed by atoms with Gasteiger partial charge < -0.3 is 4.74 Å². The minimum atomic E-state index is -5.10. The zero-order valence-corrected chi connectivity index (χ0v) is 16.4. The Balaban J connectivity index is 2.08. The first-order chi connectivity index (χ1) is 14.2. The number of rotatable bonds is 6. The van der Waals surface area contributed by atoms with E-state index in [0.29, 0.717) is 17.7 Å². The van der Waals surface area contributed by atoms with Crippen LogP contribution in [-0.2, 0) is 4.79 Å². The standard InChI is InChI=1S/C21H20F3N3O3/c1-3-12-27-17(14-8-5-4-6-9-14)25-20(19(27)29,21(22,23)24)26-18(28)15-10-7-11-16(13-15)30-2/h4-11,13H,3,12H2,1-2H3,(H,26,28)/p+1/t20-/m0/s1. The van der Waals surface area contributed by atoms with Crippen LogP contribution < -0.4 is 15.0 Å². The molecule has 0 fully saturated rings. The third kappa shape index (κ3) is 3.74. The molecule has 1 aliphatic heterocycles. The molecule has 0 bridgehead atoms. The average molecular weight is 420 g/mol. The van der Waals surface area contributed by atoms with Gasteiger partial charge in [0, 0.05) is 5.56 Å². The Bertz CT molecular complexity index is 976. The Morgan fingerprint density at radius 2 is 1.87 bits per heavy atom. The van der Waals surface area contributed by atoms with E-state index < -0.39 is 23.7 Å². The molecule has 0 saturated heterocycles. The number of carbonyl (C=O) groups is 2. The molecule has 3 rings (SSSR count). The molecular weight excluding hydrogens is 399 g/mol. The van der Waals surface area contributed by atoms with Crippen molar-refractivity contribution in [2.75, 3.05) is 13.7 Å². The molecule has 0 aliphatic carbocycles. The van der Waals surface area contributed by atoms with E-state index in [4.69, 9.17) is 4.74 Å². The maximum atomic E-state index is 14.2. The number of hydrogen-bond acceptors (Lipinski definition) is 3. The second kappa shape index (κ2) is 8.17. The van der Waals surface area contributed by atoms with Crippen molar-refractivity contribution in [2.45, 2.75) is 25.2 Å². The van der Waals surface area contributed by atoms with Crippen LogP contribution >= 0.6 is 0 Å². The van der Waals surface area contributed by atoms with Gasteiger partial charge in [-0.15, -0.1) is 0 Å². The first-order valence-electron chi connectivity index (χ1n) is 9.29. The van der Waals surface area contributed by atoms with Gasteiger partial charge in [-0.25, -0.2) is 9.79 Å². The molecule has 1 aliphatic rings. The number of benzene rings is 2. The normalized spacial score (nSPS) is 18.9. The summed E-state index contributed by atoms with van der Waals surface area (Å²) in [7, 11) is 1.37. The van der Waals surface area contributed by atoms with Gasteiger partial charge in [-0.3, -0.25) is 10.1 Å². The second-order valence-electron chi connectivity index (χ2n) is 6.73. The van der Waals surface area contributed by atoms with Crippen molar-refractivity contribution < 1.29 is 32.5 Å². The zero-order valence-electron chi connectivity index (χ0n) is 16.4. The third-order valence-electron chi connectivity index (χ3n) is 4.69. The van der Waals surface area contributed by atoms with Crippen molar-refractivity contribution >= 4 is 17.6 Å². The molecule has 158 valence electrons. The highest BCUT2D eigenvalue weighted by atomic mass is 19.4. The topological polar surface area (TPSA) is 72.6 Å². The Morgan fingerprint density at radius 3 is 2.47 bits per heavy atom. The molecule has 2 aromatic carbocycles. The maximum absolute atomic E-state index is 14.2. The summed E-state index contributed by atoms with van der Waals surface area (Å²) >= 11 is 0. The van der Waals surface area contributed by atoms with Crippen molar-refractivity contribution in [1.82, 2.24) is 10.2 Å². The van der Waals surface area contributed by atoms with Gasteiger partial charge in [0.1, 0.15) is 5.75 Å². The van der Waals surface area contributed by atoms with Gasteiger partial charge in [0.2, 0.25) is 0 Å². The number of ether oxygens (including phenoxy) is 1. The Hall–Kier alpha value is -3.36. The predicted molar refractivity (Wildman–Crippen MR) is 103 cm³/mol. The van der Waals surface area contributed by atoms with Crippen LogP contribution in [0.4, 0.5) is 13.2 Å². The fraction of sp³-hybridized carbons (Fsp3) is 0.286. The van der Waals surface area contributed by atoms with E-state index >= 15 is 0 Å². The van der Waals surface area contributed by atoms with E-state index in [1.165, 1.54) is 25.3 Å². The summed E-state index contributed by atoms with van der Waals surface area (Å²) < 4.78 is 47.7. The van der Waals surface area contributed by atoms with E-state index in [0.717, 1.165) is 4.90 Å². The monoisotopic (exact) mass is 420 g/mol. The number of amides is 2. The van der Waals surface area contributed by atoms with Crippen LogP contribution in [0.25, 0.3) is 0 Å². The van der Waals surface area contributed by atoms with Crippen LogP contribution in [-0.4, -0.2) is 48.0 Å². The smallest absolute Gasteiger partial charge is 0.465 e. The van der Waals surface area contributed by atoms with E-state index in [-0.39, 0.29) is 17.9 Å². The van der Waals surface area contributed by atoms with Crippen LogP contribution in [0.2, 0.25) is 0 Å². The molecule has 1 heterocycles. The molecule has 1 atom stereocenters. The van der Waals surface area contributed by atoms with E-state index in [9.17, 15) is 22.8 Å². The van der Waals surface area contributed by atoms with Crippen LogP contribution in [0.1, 0.15) is 29.3 Å². The van der Waals surface area contributed by atoms with Crippen molar-refractivity contribution in [3.05, 3.63) is 65.7 Å². The fourth-order valence-corrected chi connectivity index (χ4v) is 3.22. The molecule has 0 unspecified atom stereocenters. The largest absolute Gasteiger partial charge is 0.497 e. The van der Waals surface area contributed by atoms with Gasteiger partial charge in [-0.05, 0) is 36.8 Å². The van der Waals surface area contributed by atoms with Gasteiger partial charge in [0.05, 0.1) is 19.2 Å². The Morgan fingerprint density at radius 1 is 1.17 bits per heavy atom. The highest BCUT2D eigenvalue weighted by Gasteiger charge is 2.72. The molecular formula is C21H21F3N3O3+. The van der Waals surface area contributed by atoms with Crippen molar-refractivity contribution in [3.63, 3.8) is 0 Å². The lowest BCUT2D eigenvalue weighted by Crippen LogP contribution is -2.96. The van der Waals surface area contributed by atoms with Gasteiger partial charge in [-0.1, -0.05) is 31.2 Å². The number of nitrogens with one attached hydrogen (secondary N) is 2. The van der Waals surface area contributed by atoms with Crippen LogP contribution in [0.15, 0.2) is 54.6 Å². The number of halogens is 3. The molecule has 30 heavy (non-hydrogen) atoms. The SMILES string of the molecule is CCCN1C(=O)[C@](NC(=O)c2cccc(OC)c2)(C(F)(F)F)[NH+]=C1c1ccccc1. The summed E-state index contributed by atoms with van der Waals surface area (Å²) in [4.78, 5) is 29.0. The van der Waals surface area contributed by atoms with Crippen LogP contribution in [0.5, 0.6) is 5.75 Å². The maximum Gasteiger partial charge on any atom is 0.465 e. The first-order valence-corrected chi connectivity index (χ1v) is 9.29. The second-order valence-corrected chi connectivity index (χ2v) is 6.73. The van der Waals surface area contributed by atoms with E-state index in [2.05, 4.69) is 4.99 Å². The molecule has 2 N–H and O–H groups in total. The summed E-state index contributed by atoms with van der Waals surface area (Å²) in [6.45, 7) is 1.81. The summed E-state index contributed by atoms with van der Waals surface area (Å²) in [5.74, 6) is -2.05. The fourth-order valence-electron chi connectivity index (χ4n) is 3.22. The summed E-state index contributed by atoms with van der Waals surface area (Å²) in [6.07, 6.45) is -4.66. The number of hydrogen-bond donors (Lipinski definition) is 2. The van der Waals surface area contributed by atoms with Crippen molar-refractivity contribution in [1.29, 1.82) is 0 Å². The molecule has 9 heteroatoms. The first kappa shape index (κ1) is 21.4. The molecule has 2 aromatic rings. The Kier molecular flexibility index (Phi) is 5.82. The van der Waals surface area contributed by atoms with Crippen LogP contribution in [0, 0.1) is 0 Å². The average Bonchev–Trinajstić information content (AvgIpc) is 3.02. The molecule has 0 radical (unpaired) electrons. The summed E-state index contributed by atoms with van der Waals surface area (Å²) in [5, 5.41) is 1.90. The number of methoxy groups -OCH3 is 1. The van der Waals surface area contributed by atoms with Gasteiger partial charge >= 0.3 is 17.7 Å². The van der Waals surface area contributed by atoms with E-state index in [1.54, 1.807) is 43.3 Å². The van der Waals surface area contributed by atoms with Gasteiger partial charge in [0.25, 0.3) is 11.7 Å². The molecule has 0 spiro atoms. The van der Waals surface area contributed by atoms with Crippen molar-refractivity contribution in [3.8, 4) is 5.75 Å². The quantitative estimate of drug-likeness (QED) is 0.744. The number of alkyl halides is 3. The van der Waals surface area contributed by atoms with Crippen LogP contribution in [0.3, 0.4) is 0 Å². The lowest BCUT2D eigenvalue weighted by atomic mass is 10.1. The molecule has 6 nitrogen and oxygen atoms in total. The predicted octanol–water partition coefficient (Wildman–Crippen LogP) is 1.46.